The number of anilines is 1. The summed E-state index contributed by atoms with van der Waals surface area (Å²) < 4.78 is 0. The van der Waals surface area contributed by atoms with Gasteiger partial charge >= 0.3 is 0 Å². The Bertz CT molecular complexity index is 420. The number of nitrogens with zero attached hydrogens (tertiary/aromatic N) is 2. The monoisotopic (exact) mass is 281 g/mol. The first-order chi connectivity index (χ1) is 9.11. The van der Waals surface area contributed by atoms with Gasteiger partial charge in [0.05, 0.1) is 0 Å². The Balaban J connectivity index is 2.24. The number of nitrogens with one attached hydrogen (secondary N) is 1. The lowest BCUT2D eigenvalue weighted by Crippen LogP contribution is -2.38. The van der Waals surface area contributed by atoms with Gasteiger partial charge < -0.3 is 15.1 Å². The van der Waals surface area contributed by atoms with Gasteiger partial charge in [-0.2, -0.15) is 0 Å². The summed E-state index contributed by atoms with van der Waals surface area (Å²) in [5, 5.41) is 4.05. The molecule has 19 heavy (non-hydrogen) atoms. The topological polar surface area (TPSA) is 18.5 Å². The molecule has 3 nitrogen and oxygen atoms in total. The van der Waals surface area contributed by atoms with E-state index in [0.29, 0.717) is 6.04 Å². The van der Waals surface area contributed by atoms with Gasteiger partial charge in [-0.1, -0.05) is 11.6 Å². The van der Waals surface area contributed by atoms with E-state index in [0.717, 1.165) is 24.7 Å². The predicted molar refractivity (Wildman–Crippen MR) is 83.1 cm³/mol. The number of rotatable bonds is 5. The van der Waals surface area contributed by atoms with Crippen LogP contribution in [0.2, 0.25) is 5.02 Å². The number of hydrogen-bond acceptors (Lipinski definition) is 3. The standard InChI is InChI=1S/C15H24ClN3/c1-17-10-12-9-13(16)6-7-15(12)19-8-4-5-14(19)11-18(2)3/h6-7,9,14,17H,4-5,8,10-11H2,1-3H3. The second kappa shape index (κ2) is 6.60. The Labute approximate surface area is 121 Å². The minimum absolute atomic E-state index is 0.617. The first kappa shape index (κ1) is 14.6. The van der Waals surface area contributed by atoms with Crippen molar-refractivity contribution in [3.05, 3.63) is 28.8 Å². The van der Waals surface area contributed by atoms with E-state index in [1.54, 1.807) is 0 Å². The molecule has 0 spiro atoms. The Morgan fingerprint density at radius 2 is 2.21 bits per heavy atom. The van der Waals surface area contributed by atoms with Crippen molar-refractivity contribution in [2.45, 2.75) is 25.4 Å². The van der Waals surface area contributed by atoms with Crippen molar-refractivity contribution in [3.8, 4) is 0 Å². The smallest absolute Gasteiger partial charge is 0.0417 e. The zero-order chi connectivity index (χ0) is 13.8. The van der Waals surface area contributed by atoms with Crippen LogP contribution in [-0.2, 0) is 6.54 Å². The maximum Gasteiger partial charge on any atom is 0.0417 e. The zero-order valence-corrected chi connectivity index (χ0v) is 12.9. The molecule has 4 heteroatoms. The summed E-state index contributed by atoms with van der Waals surface area (Å²) in [6.45, 7) is 3.12. The molecule has 1 heterocycles. The minimum Gasteiger partial charge on any atom is -0.367 e. The molecule has 1 aromatic carbocycles. The van der Waals surface area contributed by atoms with E-state index >= 15 is 0 Å². The number of hydrogen-bond donors (Lipinski definition) is 1. The quantitative estimate of drug-likeness (QED) is 0.895. The second-order valence-corrected chi connectivity index (χ2v) is 5.99. The van der Waals surface area contributed by atoms with Crippen molar-refractivity contribution in [3.63, 3.8) is 0 Å². The molecule has 0 amide bonds. The maximum absolute atomic E-state index is 6.13. The Morgan fingerprint density at radius 3 is 2.89 bits per heavy atom. The molecule has 1 aliphatic heterocycles. The molecule has 1 atom stereocenters. The summed E-state index contributed by atoms with van der Waals surface area (Å²) in [7, 11) is 6.27. The third-order valence-electron chi connectivity index (χ3n) is 3.67. The van der Waals surface area contributed by atoms with Gasteiger partial charge in [-0.3, -0.25) is 0 Å². The van der Waals surface area contributed by atoms with Crippen molar-refractivity contribution in [2.75, 3.05) is 39.1 Å². The molecule has 1 aromatic rings. The van der Waals surface area contributed by atoms with Crippen LogP contribution in [0.4, 0.5) is 5.69 Å². The van der Waals surface area contributed by atoms with Crippen LogP contribution in [0.25, 0.3) is 0 Å². The average molecular weight is 282 g/mol. The van der Waals surface area contributed by atoms with Gasteiger partial charge in [0.25, 0.3) is 0 Å². The van der Waals surface area contributed by atoms with Crippen LogP contribution in [0.1, 0.15) is 18.4 Å². The van der Waals surface area contributed by atoms with Crippen LogP contribution in [0.15, 0.2) is 18.2 Å². The highest BCUT2D eigenvalue weighted by Gasteiger charge is 2.26. The van der Waals surface area contributed by atoms with E-state index in [4.69, 9.17) is 11.6 Å². The van der Waals surface area contributed by atoms with Gasteiger partial charge in [0.15, 0.2) is 0 Å². The molecule has 0 bridgehead atoms. The molecule has 2 rings (SSSR count). The second-order valence-electron chi connectivity index (χ2n) is 5.56. The summed E-state index contributed by atoms with van der Waals surface area (Å²) in [6, 6.07) is 6.87. The first-order valence-electron chi connectivity index (χ1n) is 6.96. The van der Waals surface area contributed by atoms with E-state index in [1.165, 1.54) is 24.1 Å². The Kier molecular flexibility index (Phi) is 5.08. The van der Waals surface area contributed by atoms with Crippen molar-refractivity contribution in [1.29, 1.82) is 0 Å². The molecule has 1 N–H and O–H groups in total. The maximum atomic E-state index is 6.13. The Morgan fingerprint density at radius 1 is 1.42 bits per heavy atom. The van der Waals surface area contributed by atoms with E-state index in [9.17, 15) is 0 Å². The van der Waals surface area contributed by atoms with Crippen LogP contribution >= 0.6 is 11.6 Å². The third-order valence-corrected chi connectivity index (χ3v) is 3.91. The largest absolute Gasteiger partial charge is 0.367 e. The fourth-order valence-electron chi connectivity index (χ4n) is 2.93. The molecule has 0 saturated carbocycles. The fraction of sp³-hybridized carbons (Fsp3) is 0.600. The van der Waals surface area contributed by atoms with Gasteiger partial charge in [-0.05, 0) is 57.7 Å². The van der Waals surface area contributed by atoms with Gasteiger partial charge in [0, 0.05) is 36.4 Å². The summed E-state index contributed by atoms with van der Waals surface area (Å²) in [6.07, 6.45) is 2.56. The lowest BCUT2D eigenvalue weighted by molar-refractivity contribution is 0.372. The molecular weight excluding hydrogens is 258 g/mol. The van der Waals surface area contributed by atoms with E-state index < -0.39 is 0 Å². The molecule has 0 aliphatic carbocycles. The van der Waals surface area contributed by atoms with Crippen molar-refractivity contribution >= 4 is 17.3 Å². The highest BCUT2D eigenvalue weighted by atomic mass is 35.5. The lowest BCUT2D eigenvalue weighted by Gasteiger charge is -2.31. The van der Waals surface area contributed by atoms with Gasteiger partial charge in [0.1, 0.15) is 0 Å². The van der Waals surface area contributed by atoms with Gasteiger partial charge in [-0.25, -0.2) is 0 Å². The molecule has 1 unspecified atom stereocenters. The fourth-order valence-corrected chi connectivity index (χ4v) is 3.13. The zero-order valence-electron chi connectivity index (χ0n) is 12.1. The molecule has 1 aliphatic rings. The van der Waals surface area contributed by atoms with Crippen LogP contribution < -0.4 is 10.2 Å². The summed E-state index contributed by atoms with van der Waals surface area (Å²) >= 11 is 6.13. The lowest BCUT2D eigenvalue weighted by atomic mass is 10.1. The predicted octanol–water partition coefficient (Wildman–Crippen LogP) is 2.59. The number of likely N-dealkylation sites (N-methyl/N-ethyl adjacent to an activating group) is 1. The van der Waals surface area contributed by atoms with Gasteiger partial charge in [0.2, 0.25) is 0 Å². The number of halogens is 1. The van der Waals surface area contributed by atoms with Crippen molar-refractivity contribution in [2.24, 2.45) is 0 Å². The molecular formula is C15H24ClN3. The molecule has 0 aromatic heterocycles. The van der Waals surface area contributed by atoms with Crippen LogP contribution in [0, 0.1) is 0 Å². The summed E-state index contributed by atoms with van der Waals surface area (Å²) in [4.78, 5) is 4.82. The first-order valence-corrected chi connectivity index (χ1v) is 7.34. The van der Waals surface area contributed by atoms with Crippen molar-refractivity contribution < 1.29 is 0 Å². The van der Waals surface area contributed by atoms with Crippen LogP contribution in [0.3, 0.4) is 0 Å². The number of benzene rings is 1. The highest BCUT2D eigenvalue weighted by Crippen LogP contribution is 2.30. The average Bonchev–Trinajstić information content (AvgIpc) is 2.77. The molecule has 0 radical (unpaired) electrons. The third kappa shape index (κ3) is 3.62. The van der Waals surface area contributed by atoms with E-state index in [2.05, 4.69) is 41.3 Å². The highest BCUT2D eigenvalue weighted by molar-refractivity contribution is 6.30. The van der Waals surface area contributed by atoms with Crippen LogP contribution in [-0.4, -0.2) is 45.2 Å². The summed E-state index contributed by atoms with van der Waals surface area (Å²) in [5.41, 5.74) is 2.63. The minimum atomic E-state index is 0.617. The van der Waals surface area contributed by atoms with Crippen LogP contribution in [0.5, 0.6) is 0 Å². The van der Waals surface area contributed by atoms with Crippen molar-refractivity contribution in [1.82, 2.24) is 10.2 Å². The van der Waals surface area contributed by atoms with E-state index in [1.807, 2.05) is 13.1 Å². The summed E-state index contributed by atoms with van der Waals surface area (Å²) in [5.74, 6) is 0. The molecule has 1 fully saturated rings. The Hall–Kier alpha value is -0.770. The molecule has 106 valence electrons. The van der Waals surface area contributed by atoms with E-state index in [-0.39, 0.29) is 0 Å². The SMILES string of the molecule is CNCc1cc(Cl)ccc1N1CCCC1CN(C)C. The normalized spacial score (nSPS) is 19.4. The van der Waals surface area contributed by atoms with Gasteiger partial charge in [-0.15, -0.1) is 0 Å². The molecule has 1 saturated heterocycles.